The molecule has 0 rings (SSSR count). The van der Waals surface area contributed by atoms with Gasteiger partial charge in [0.05, 0.1) is 0 Å². The molecule has 11 heteroatoms. The standard InChI is InChI=1S/C16H24O11/c1-8(17)23-6-13(22)15(26-11(4)20)16(27-12(5)21)14(25-10(3)19)7-24-9(2)18/h13-16,22H,6-7H2,1-5H3/t13?,14?,15-,16-/m1/s1. The number of carbonyl (C=O) groups is 5. The maximum atomic E-state index is 11.5. The van der Waals surface area contributed by atoms with E-state index in [0.717, 1.165) is 34.6 Å². The first-order valence-electron chi connectivity index (χ1n) is 7.90. The summed E-state index contributed by atoms with van der Waals surface area (Å²) in [7, 11) is 0. The van der Waals surface area contributed by atoms with E-state index in [-0.39, 0.29) is 0 Å². The quantitative estimate of drug-likeness (QED) is 0.370. The molecule has 4 atom stereocenters. The summed E-state index contributed by atoms with van der Waals surface area (Å²) in [6, 6.07) is 0. The number of aliphatic hydroxyl groups excluding tert-OH is 1. The summed E-state index contributed by atoms with van der Waals surface area (Å²) < 4.78 is 24.5. The van der Waals surface area contributed by atoms with Gasteiger partial charge in [-0.1, -0.05) is 0 Å². The van der Waals surface area contributed by atoms with Crippen LogP contribution in [0.25, 0.3) is 0 Å². The van der Waals surface area contributed by atoms with Crippen molar-refractivity contribution < 1.29 is 52.8 Å². The molecule has 154 valence electrons. The highest BCUT2D eigenvalue weighted by atomic mass is 16.6. The van der Waals surface area contributed by atoms with Gasteiger partial charge < -0.3 is 28.8 Å². The van der Waals surface area contributed by atoms with Gasteiger partial charge in [0, 0.05) is 34.6 Å². The minimum atomic E-state index is -1.63. The molecule has 27 heavy (non-hydrogen) atoms. The molecule has 0 aromatic carbocycles. The zero-order chi connectivity index (χ0) is 21.1. The first-order chi connectivity index (χ1) is 12.4. The Morgan fingerprint density at radius 2 is 1.04 bits per heavy atom. The fourth-order valence-electron chi connectivity index (χ4n) is 2.01. The van der Waals surface area contributed by atoms with Gasteiger partial charge in [0.2, 0.25) is 0 Å². The summed E-state index contributed by atoms with van der Waals surface area (Å²) >= 11 is 0. The van der Waals surface area contributed by atoms with Crippen LogP contribution in [0.2, 0.25) is 0 Å². The molecule has 0 heterocycles. The number of hydrogen-bond donors (Lipinski definition) is 1. The fraction of sp³-hybridized carbons (Fsp3) is 0.688. The smallest absolute Gasteiger partial charge is 0.303 e. The van der Waals surface area contributed by atoms with Crippen LogP contribution in [-0.4, -0.2) is 72.6 Å². The molecular weight excluding hydrogens is 368 g/mol. The Morgan fingerprint density at radius 1 is 0.630 bits per heavy atom. The largest absolute Gasteiger partial charge is 0.463 e. The predicted octanol–water partition coefficient (Wildman–Crippen LogP) is -0.731. The van der Waals surface area contributed by atoms with Crippen LogP contribution in [0.3, 0.4) is 0 Å². The van der Waals surface area contributed by atoms with E-state index in [9.17, 15) is 29.1 Å². The molecule has 0 aromatic heterocycles. The molecule has 0 amide bonds. The van der Waals surface area contributed by atoms with Crippen molar-refractivity contribution in [2.75, 3.05) is 13.2 Å². The molecule has 0 aliphatic rings. The van der Waals surface area contributed by atoms with Crippen LogP contribution in [-0.2, 0) is 47.7 Å². The number of hydrogen-bond acceptors (Lipinski definition) is 11. The maximum absolute atomic E-state index is 11.5. The molecule has 2 unspecified atom stereocenters. The Balaban J connectivity index is 5.76. The molecule has 0 saturated carbocycles. The molecule has 0 spiro atoms. The lowest BCUT2D eigenvalue weighted by molar-refractivity contribution is -0.201. The molecule has 0 aromatic rings. The van der Waals surface area contributed by atoms with Gasteiger partial charge in [0.25, 0.3) is 0 Å². The molecule has 11 nitrogen and oxygen atoms in total. The molecule has 0 fully saturated rings. The van der Waals surface area contributed by atoms with Gasteiger partial charge in [0.1, 0.15) is 19.3 Å². The summed E-state index contributed by atoms with van der Waals surface area (Å²) in [4.78, 5) is 56.3. The third-order valence-corrected chi connectivity index (χ3v) is 2.90. The lowest BCUT2D eigenvalue weighted by Gasteiger charge is -2.33. The summed E-state index contributed by atoms with van der Waals surface area (Å²) in [6.45, 7) is 4.19. The Kier molecular flexibility index (Phi) is 10.7. The van der Waals surface area contributed by atoms with Gasteiger partial charge >= 0.3 is 29.8 Å². The topological polar surface area (TPSA) is 152 Å². The van der Waals surface area contributed by atoms with Gasteiger partial charge in [-0.25, -0.2) is 0 Å². The van der Waals surface area contributed by atoms with Crippen molar-refractivity contribution in [2.45, 2.75) is 59.0 Å². The monoisotopic (exact) mass is 392 g/mol. The zero-order valence-electron chi connectivity index (χ0n) is 15.8. The second-order valence-corrected chi connectivity index (χ2v) is 5.47. The van der Waals surface area contributed by atoms with E-state index in [0.29, 0.717) is 0 Å². The first-order valence-corrected chi connectivity index (χ1v) is 7.90. The SMILES string of the molecule is CC(=O)OCC(O)[C@@H](OC(C)=O)[C@H](OC(C)=O)C(COC(C)=O)OC(C)=O. The molecule has 0 radical (unpaired) electrons. The van der Waals surface area contributed by atoms with Crippen LogP contribution in [0.5, 0.6) is 0 Å². The molecule has 0 aliphatic heterocycles. The number of ether oxygens (including phenoxy) is 5. The van der Waals surface area contributed by atoms with Crippen molar-refractivity contribution in [3.8, 4) is 0 Å². The summed E-state index contributed by atoms with van der Waals surface area (Å²) in [5.41, 5.74) is 0. The van der Waals surface area contributed by atoms with E-state index >= 15 is 0 Å². The summed E-state index contributed by atoms with van der Waals surface area (Å²) in [5.74, 6) is -3.93. The van der Waals surface area contributed by atoms with Crippen LogP contribution < -0.4 is 0 Å². The third-order valence-electron chi connectivity index (χ3n) is 2.90. The highest BCUT2D eigenvalue weighted by molar-refractivity contribution is 5.69. The Morgan fingerprint density at radius 3 is 1.44 bits per heavy atom. The lowest BCUT2D eigenvalue weighted by Crippen LogP contribution is -2.53. The van der Waals surface area contributed by atoms with Crippen LogP contribution in [0.15, 0.2) is 0 Å². The van der Waals surface area contributed by atoms with Crippen molar-refractivity contribution in [1.82, 2.24) is 0 Å². The average Bonchev–Trinajstić information content (AvgIpc) is 2.51. The molecule has 0 aliphatic carbocycles. The van der Waals surface area contributed by atoms with E-state index in [1.165, 1.54) is 0 Å². The molecular formula is C16H24O11. The predicted molar refractivity (Wildman–Crippen MR) is 85.9 cm³/mol. The Bertz CT molecular complexity index is 557. The zero-order valence-corrected chi connectivity index (χ0v) is 15.8. The lowest BCUT2D eigenvalue weighted by atomic mass is 10.0. The van der Waals surface area contributed by atoms with Crippen molar-refractivity contribution in [3.63, 3.8) is 0 Å². The van der Waals surface area contributed by atoms with E-state index in [2.05, 4.69) is 4.74 Å². The van der Waals surface area contributed by atoms with Gasteiger partial charge in [-0.05, 0) is 0 Å². The van der Waals surface area contributed by atoms with Gasteiger partial charge in [-0.3, -0.25) is 24.0 Å². The summed E-state index contributed by atoms with van der Waals surface area (Å²) in [5, 5.41) is 10.3. The van der Waals surface area contributed by atoms with Crippen molar-refractivity contribution in [1.29, 1.82) is 0 Å². The van der Waals surface area contributed by atoms with Crippen LogP contribution in [0.1, 0.15) is 34.6 Å². The van der Waals surface area contributed by atoms with Crippen molar-refractivity contribution >= 4 is 29.8 Å². The normalized spacial score (nSPS) is 14.7. The van der Waals surface area contributed by atoms with Gasteiger partial charge in [-0.15, -0.1) is 0 Å². The first kappa shape index (κ1) is 24.3. The van der Waals surface area contributed by atoms with E-state index in [4.69, 9.17) is 18.9 Å². The minimum absolute atomic E-state index is 0.537. The average molecular weight is 392 g/mol. The number of carbonyl (C=O) groups excluding carboxylic acids is 5. The Hall–Kier alpha value is -2.69. The molecule has 0 bridgehead atoms. The summed E-state index contributed by atoms with van der Waals surface area (Å²) in [6.07, 6.45) is -6.14. The van der Waals surface area contributed by atoms with Crippen molar-refractivity contribution in [2.24, 2.45) is 0 Å². The number of esters is 5. The van der Waals surface area contributed by atoms with Crippen LogP contribution in [0.4, 0.5) is 0 Å². The van der Waals surface area contributed by atoms with Crippen LogP contribution in [0, 0.1) is 0 Å². The van der Waals surface area contributed by atoms with Gasteiger partial charge in [0.15, 0.2) is 18.3 Å². The number of rotatable bonds is 10. The number of aliphatic hydroxyl groups is 1. The van der Waals surface area contributed by atoms with E-state index in [1.807, 2.05) is 0 Å². The van der Waals surface area contributed by atoms with Gasteiger partial charge in [-0.2, -0.15) is 0 Å². The highest BCUT2D eigenvalue weighted by Gasteiger charge is 2.42. The Labute approximate surface area is 155 Å². The fourth-order valence-corrected chi connectivity index (χ4v) is 2.01. The van der Waals surface area contributed by atoms with Crippen LogP contribution >= 0.6 is 0 Å². The maximum Gasteiger partial charge on any atom is 0.303 e. The van der Waals surface area contributed by atoms with Crippen molar-refractivity contribution in [3.05, 3.63) is 0 Å². The minimum Gasteiger partial charge on any atom is -0.463 e. The van der Waals surface area contributed by atoms with E-state index < -0.39 is 67.5 Å². The highest BCUT2D eigenvalue weighted by Crippen LogP contribution is 2.18. The molecule has 0 saturated heterocycles. The molecule has 1 N–H and O–H groups in total. The second kappa shape index (κ2) is 11.8. The third kappa shape index (κ3) is 10.8. The second-order valence-electron chi connectivity index (χ2n) is 5.47. The van der Waals surface area contributed by atoms with E-state index in [1.54, 1.807) is 0 Å².